The summed E-state index contributed by atoms with van der Waals surface area (Å²) in [5.41, 5.74) is 7.26. The number of rotatable bonds is 4. The van der Waals surface area contributed by atoms with Crippen LogP contribution < -0.4 is 5.73 Å². The molecule has 0 heterocycles. The summed E-state index contributed by atoms with van der Waals surface area (Å²) in [6, 6.07) is 7.58. The molecule has 1 aromatic rings. The van der Waals surface area contributed by atoms with Gasteiger partial charge in [0.25, 0.3) is 0 Å². The van der Waals surface area contributed by atoms with Crippen molar-refractivity contribution in [3.05, 3.63) is 35.4 Å². The van der Waals surface area contributed by atoms with Gasteiger partial charge in [-0.15, -0.1) is 0 Å². The average Bonchev–Trinajstić information content (AvgIpc) is 2.40. The van der Waals surface area contributed by atoms with E-state index in [-0.39, 0.29) is 12.1 Å². The highest BCUT2D eigenvalue weighted by molar-refractivity contribution is 5.89. The summed E-state index contributed by atoms with van der Waals surface area (Å²) in [5.74, 6) is -0.194. The number of esters is 1. The summed E-state index contributed by atoms with van der Waals surface area (Å²) in [4.78, 5) is 12.0. The molecule has 3 heteroatoms. The normalized spacial score (nSPS) is 16.5. The topological polar surface area (TPSA) is 52.3 Å². The van der Waals surface area contributed by atoms with Gasteiger partial charge in [-0.05, 0) is 56.3 Å². The molecule has 0 bridgehead atoms. The lowest BCUT2D eigenvalue weighted by Gasteiger charge is -2.21. The summed E-state index contributed by atoms with van der Waals surface area (Å²) < 4.78 is 5.54. The van der Waals surface area contributed by atoms with Crippen LogP contribution >= 0.6 is 0 Å². The minimum Gasteiger partial charge on any atom is -0.459 e. The Morgan fingerprint density at radius 3 is 2.78 bits per heavy atom. The van der Waals surface area contributed by atoms with Gasteiger partial charge in [0, 0.05) is 0 Å². The van der Waals surface area contributed by atoms with Crippen molar-refractivity contribution in [1.82, 2.24) is 0 Å². The van der Waals surface area contributed by atoms with Gasteiger partial charge in [0.15, 0.2) is 0 Å². The van der Waals surface area contributed by atoms with Crippen LogP contribution in [0.15, 0.2) is 24.3 Å². The van der Waals surface area contributed by atoms with Crippen LogP contribution in [0.4, 0.5) is 0 Å². The Morgan fingerprint density at radius 1 is 1.28 bits per heavy atom. The van der Waals surface area contributed by atoms with Crippen LogP contribution in [0, 0.1) is 0 Å². The molecule has 1 fully saturated rings. The summed E-state index contributed by atoms with van der Waals surface area (Å²) >= 11 is 0. The van der Waals surface area contributed by atoms with Crippen LogP contribution in [0.1, 0.15) is 48.0 Å². The van der Waals surface area contributed by atoms with Gasteiger partial charge in [-0.3, -0.25) is 0 Å². The third kappa shape index (κ3) is 3.57. The van der Waals surface area contributed by atoms with Gasteiger partial charge in [-0.1, -0.05) is 18.6 Å². The second-order valence-corrected chi connectivity index (χ2v) is 4.90. The smallest absolute Gasteiger partial charge is 0.338 e. The molecule has 0 aliphatic heterocycles. The van der Waals surface area contributed by atoms with Crippen LogP contribution in [0.2, 0.25) is 0 Å². The second kappa shape index (κ2) is 6.55. The molecule has 0 saturated heterocycles. The molecular weight excluding hydrogens is 226 g/mol. The van der Waals surface area contributed by atoms with E-state index in [0.717, 1.165) is 24.8 Å². The number of hydrogen-bond donors (Lipinski definition) is 1. The van der Waals surface area contributed by atoms with Crippen LogP contribution in [-0.2, 0) is 11.2 Å². The van der Waals surface area contributed by atoms with Crippen molar-refractivity contribution >= 4 is 5.97 Å². The minimum atomic E-state index is -0.194. The van der Waals surface area contributed by atoms with E-state index in [1.807, 2.05) is 24.3 Å². The highest BCUT2D eigenvalue weighted by atomic mass is 16.5. The molecule has 0 radical (unpaired) electrons. The zero-order valence-electron chi connectivity index (χ0n) is 10.7. The Labute approximate surface area is 108 Å². The van der Waals surface area contributed by atoms with E-state index in [4.69, 9.17) is 10.5 Å². The largest absolute Gasteiger partial charge is 0.459 e. The maximum Gasteiger partial charge on any atom is 0.338 e. The van der Waals surface area contributed by atoms with Crippen LogP contribution in [-0.4, -0.2) is 18.6 Å². The van der Waals surface area contributed by atoms with Gasteiger partial charge in [0.2, 0.25) is 0 Å². The van der Waals surface area contributed by atoms with E-state index < -0.39 is 0 Å². The number of nitrogens with two attached hydrogens (primary N) is 1. The first-order valence-electron chi connectivity index (χ1n) is 6.79. The van der Waals surface area contributed by atoms with Crippen LogP contribution in [0.3, 0.4) is 0 Å². The van der Waals surface area contributed by atoms with Crippen molar-refractivity contribution in [3.8, 4) is 0 Å². The fourth-order valence-electron chi connectivity index (χ4n) is 2.42. The third-order valence-corrected chi connectivity index (χ3v) is 3.42. The van der Waals surface area contributed by atoms with Crippen molar-refractivity contribution in [2.75, 3.05) is 6.54 Å². The molecule has 0 atom stereocenters. The number of hydrogen-bond acceptors (Lipinski definition) is 3. The Bertz CT molecular complexity index is 397. The van der Waals surface area contributed by atoms with Crippen molar-refractivity contribution in [2.45, 2.75) is 44.6 Å². The van der Waals surface area contributed by atoms with Crippen molar-refractivity contribution < 1.29 is 9.53 Å². The molecule has 2 rings (SSSR count). The van der Waals surface area contributed by atoms with Gasteiger partial charge in [-0.25, -0.2) is 4.79 Å². The molecule has 1 aliphatic carbocycles. The van der Waals surface area contributed by atoms with E-state index in [0.29, 0.717) is 12.1 Å². The zero-order chi connectivity index (χ0) is 12.8. The van der Waals surface area contributed by atoms with Crippen LogP contribution in [0.5, 0.6) is 0 Å². The molecule has 0 amide bonds. The molecule has 1 saturated carbocycles. The number of ether oxygens (including phenoxy) is 1. The summed E-state index contributed by atoms with van der Waals surface area (Å²) in [7, 11) is 0. The Morgan fingerprint density at radius 2 is 2.06 bits per heavy atom. The summed E-state index contributed by atoms with van der Waals surface area (Å²) in [5, 5.41) is 0. The molecule has 0 spiro atoms. The second-order valence-electron chi connectivity index (χ2n) is 4.90. The first-order chi connectivity index (χ1) is 8.79. The quantitative estimate of drug-likeness (QED) is 0.832. The minimum absolute atomic E-state index is 0.115. The van der Waals surface area contributed by atoms with E-state index in [1.54, 1.807) is 0 Å². The van der Waals surface area contributed by atoms with Gasteiger partial charge >= 0.3 is 5.97 Å². The van der Waals surface area contributed by atoms with Crippen molar-refractivity contribution in [1.29, 1.82) is 0 Å². The van der Waals surface area contributed by atoms with Crippen LogP contribution in [0.25, 0.3) is 0 Å². The molecule has 18 heavy (non-hydrogen) atoms. The SMILES string of the molecule is NCCc1cccc(C(=O)OC2CCCCC2)c1. The van der Waals surface area contributed by atoms with E-state index >= 15 is 0 Å². The lowest BCUT2D eigenvalue weighted by Crippen LogP contribution is -2.21. The average molecular weight is 247 g/mol. The molecule has 1 aliphatic rings. The molecule has 2 N–H and O–H groups in total. The predicted octanol–water partition coefficient (Wildman–Crippen LogP) is 2.68. The standard InChI is InChI=1S/C15H21NO2/c16-10-9-12-5-4-6-13(11-12)15(17)18-14-7-2-1-3-8-14/h4-6,11,14H,1-3,7-10,16H2. The first-order valence-corrected chi connectivity index (χ1v) is 6.79. The van der Waals surface area contributed by atoms with Crippen molar-refractivity contribution in [2.24, 2.45) is 5.73 Å². The van der Waals surface area contributed by atoms with Gasteiger partial charge in [0.1, 0.15) is 6.10 Å². The highest BCUT2D eigenvalue weighted by Gasteiger charge is 2.18. The number of carbonyl (C=O) groups is 1. The Kier molecular flexibility index (Phi) is 4.76. The number of benzene rings is 1. The molecule has 1 aromatic carbocycles. The lowest BCUT2D eigenvalue weighted by molar-refractivity contribution is 0.0211. The zero-order valence-corrected chi connectivity index (χ0v) is 10.7. The lowest BCUT2D eigenvalue weighted by atomic mass is 9.98. The van der Waals surface area contributed by atoms with Gasteiger partial charge in [0.05, 0.1) is 5.56 Å². The summed E-state index contributed by atoms with van der Waals surface area (Å²) in [6.07, 6.45) is 6.54. The third-order valence-electron chi connectivity index (χ3n) is 3.42. The summed E-state index contributed by atoms with van der Waals surface area (Å²) in [6.45, 7) is 0.598. The Hall–Kier alpha value is -1.35. The highest BCUT2D eigenvalue weighted by Crippen LogP contribution is 2.21. The fourth-order valence-corrected chi connectivity index (χ4v) is 2.42. The maximum absolute atomic E-state index is 12.0. The molecular formula is C15H21NO2. The molecule has 3 nitrogen and oxygen atoms in total. The van der Waals surface area contributed by atoms with Crippen molar-refractivity contribution in [3.63, 3.8) is 0 Å². The number of carbonyl (C=O) groups excluding carboxylic acids is 1. The van der Waals surface area contributed by atoms with Gasteiger partial charge in [-0.2, -0.15) is 0 Å². The van der Waals surface area contributed by atoms with E-state index in [9.17, 15) is 4.79 Å². The van der Waals surface area contributed by atoms with Gasteiger partial charge < -0.3 is 10.5 Å². The first kappa shape index (κ1) is 13.1. The monoisotopic (exact) mass is 247 g/mol. The molecule has 98 valence electrons. The Balaban J connectivity index is 1.96. The molecule has 0 aromatic heterocycles. The predicted molar refractivity (Wildman–Crippen MR) is 71.5 cm³/mol. The van der Waals surface area contributed by atoms with E-state index in [1.165, 1.54) is 19.3 Å². The maximum atomic E-state index is 12.0. The fraction of sp³-hybridized carbons (Fsp3) is 0.533. The van der Waals surface area contributed by atoms with E-state index in [2.05, 4.69) is 0 Å². The molecule has 0 unspecified atom stereocenters.